The normalized spacial score (nSPS) is 12.7. The van der Waals surface area contributed by atoms with Gasteiger partial charge in [0.15, 0.2) is 0 Å². The van der Waals surface area contributed by atoms with Crippen LogP contribution in [0.3, 0.4) is 0 Å². The average molecular weight is 233 g/mol. The maximum Gasteiger partial charge on any atom is 0.252 e. The number of hydrogen-bond donors (Lipinski definition) is 2. The molecule has 5 nitrogen and oxygen atoms in total. The van der Waals surface area contributed by atoms with E-state index in [9.17, 15) is 4.79 Å². The molecule has 1 unspecified atom stereocenters. The number of aliphatic hydroxyl groups is 1. The number of nitrogens with one attached hydrogen (secondary N) is 1. The van der Waals surface area contributed by atoms with Gasteiger partial charge in [-0.05, 0) is 32.0 Å². The highest BCUT2D eigenvalue weighted by atomic mass is 16.3. The number of carbonyl (C=O) groups excluding carboxylic acids is 1. The molecule has 0 spiro atoms. The second-order valence-electron chi connectivity index (χ2n) is 4.09. The summed E-state index contributed by atoms with van der Waals surface area (Å²) >= 11 is 0. The maximum absolute atomic E-state index is 11.3. The minimum atomic E-state index is -1.02. The number of hydrogen-bond acceptors (Lipinski definition) is 3. The lowest BCUT2D eigenvalue weighted by Gasteiger charge is -2.06. The third-order valence-electron chi connectivity index (χ3n) is 2.75. The molecule has 1 aromatic carbocycles. The Labute approximate surface area is 99.1 Å². The van der Waals surface area contributed by atoms with E-state index in [0.29, 0.717) is 5.69 Å². The van der Waals surface area contributed by atoms with E-state index in [1.807, 2.05) is 24.6 Å². The lowest BCUT2D eigenvalue weighted by molar-refractivity contribution is -0.123. The first-order chi connectivity index (χ1) is 7.99. The van der Waals surface area contributed by atoms with Crippen LogP contribution in [0.25, 0.3) is 11.0 Å². The van der Waals surface area contributed by atoms with E-state index >= 15 is 0 Å². The Hall–Kier alpha value is -1.88. The molecule has 5 heteroatoms. The molecule has 1 aromatic heterocycles. The molecule has 0 bridgehead atoms. The van der Waals surface area contributed by atoms with Gasteiger partial charge in [-0.25, -0.2) is 4.98 Å². The van der Waals surface area contributed by atoms with Crippen LogP contribution in [0.2, 0.25) is 0 Å². The van der Waals surface area contributed by atoms with Gasteiger partial charge in [-0.1, -0.05) is 0 Å². The molecular weight excluding hydrogens is 218 g/mol. The van der Waals surface area contributed by atoms with Crippen molar-refractivity contribution >= 4 is 22.6 Å². The molecule has 2 rings (SSSR count). The zero-order valence-corrected chi connectivity index (χ0v) is 10.1. The van der Waals surface area contributed by atoms with E-state index in [1.54, 1.807) is 12.1 Å². The van der Waals surface area contributed by atoms with Gasteiger partial charge in [0.05, 0.1) is 11.0 Å². The Morgan fingerprint density at radius 2 is 2.24 bits per heavy atom. The highest BCUT2D eigenvalue weighted by molar-refractivity contribution is 5.95. The fraction of sp³-hybridized carbons (Fsp3) is 0.333. The van der Waals surface area contributed by atoms with Crippen molar-refractivity contribution in [3.8, 4) is 0 Å². The molecule has 0 aliphatic heterocycles. The predicted molar refractivity (Wildman–Crippen MR) is 65.8 cm³/mol. The van der Waals surface area contributed by atoms with Gasteiger partial charge in [0, 0.05) is 12.7 Å². The number of nitrogens with zero attached hydrogens (tertiary/aromatic N) is 2. The quantitative estimate of drug-likeness (QED) is 0.819. The summed E-state index contributed by atoms with van der Waals surface area (Å²) in [6.45, 7) is 3.35. The van der Waals surface area contributed by atoms with Crippen LogP contribution in [0.15, 0.2) is 18.2 Å². The number of fused-ring (bicyclic) bond motifs is 1. The van der Waals surface area contributed by atoms with Gasteiger partial charge in [-0.15, -0.1) is 0 Å². The molecule has 0 fully saturated rings. The van der Waals surface area contributed by atoms with Gasteiger partial charge in [-0.3, -0.25) is 4.79 Å². The van der Waals surface area contributed by atoms with E-state index in [4.69, 9.17) is 5.11 Å². The number of aliphatic hydroxyl groups excluding tert-OH is 1. The van der Waals surface area contributed by atoms with E-state index in [0.717, 1.165) is 16.9 Å². The number of aromatic nitrogens is 2. The molecule has 0 saturated heterocycles. The summed E-state index contributed by atoms with van der Waals surface area (Å²) in [7, 11) is 1.94. The first kappa shape index (κ1) is 11.6. The summed E-state index contributed by atoms with van der Waals surface area (Å²) in [4.78, 5) is 15.7. The fourth-order valence-electron chi connectivity index (χ4n) is 1.64. The van der Waals surface area contributed by atoms with Crippen LogP contribution in [-0.2, 0) is 11.8 Å². The molecular formula is C12H15N3O2. The van der Waals surface area contributed by atoms with E-state index in [1.165, 1.54) is 6.92 Å². The third-order valence-corrected chi connectivity index (χ3v) is 2.75. The Morgan fingerprint density at radius 1 is 1.53 bits per heavy atom. The van der Waals surface area contributed by atoms with Crippen LogP contribution >= 0.6 is 0 Å². The molecule has 0 saturated carbocycles. The SMILES string of the molecule is Cc1nc2cc(NC(=O)C(C)O)ccc2n1C. The summed E-state index contributed by atoms with van der Waals surface area (Å²) in [6.07, 6.45) is -1.02. The minimum absolute atomic E-state index is 0.419. The van der Waals surface area contributed by atoms with Crippen molar-refractivity contribution in [2.75, 3.05) is 5.32 Å². The van der Waals surface area contributed by atoms with Crippen LogP contribution in [0, 0.1) is 6.92 Å². The largest absolute Gasteiger partial charge is 0.384 e. The molecule has 2 aromatic rings. The maximum atomic E-state index is 11.3. The fourth-order valence-corrected chi connectivity index (χ4v) is 1.64. The number of anilines is 1. The minimum Gasteiger partial charge on any atom is -0.384 e. The van der Waals surface area contributed by atoms with Gasteiger partial charge in [0.25, 0.3) is 5.91 Å². The van der Waals surface area contributed by atoms with Crippen molar-refractivity contribution in [2.45, 2.75) is 20.0 Å². The second-order valence-corrected chi connectivity index (χ2v) is 4.09. The number of benzene rings is 1. The first-order valence-corrected chi connectivity index (χ1v) is 5.41. The summed E-state index contributed by atoms with van der Waals surface area (Å²) in [6, 6.07) is 5.49. The molecule has 1 amide bonds. The summed E-state index contributed by atoms with van der Waals surface area (Å²) < 4.78 is 1.98. The number of carbonyl (C=O) groups is 1. The smallest absolute Gasteiger partial charge is 0.252 e. The molecule has 1 heterocycles. The van der Waals surface area contributed by atoms with Gasteiger partial charge in [-0.2, -0.15) is 0 Å². The van der Waals surface area contributed by atoms with Gasteiger partial charge >= 0.3 is 0 Å². The highest BCUT2D eigenvalue weighted by Gasteiger charge is 2.10. The standard InChI is InChI=1S/C12H15N3O2/c1-7(16)12(17)14-9-4-5-11-10(6-9)13-8(2)15(11)3/h4-7,16H,1-3H3,(H,14,17). The van der Waals surface area contributed by atoms with Crippen molar-refractivity contribution in [3.63, 3.8) is 0 Å². The molecule has 0 radical (unpaired) electrons. The predicted octanol–water partition coefficient (Wildman–Crippen LogP) is 1.20. The van der Waals surface area contributed by atoms with Crippen LogP contribution in [-0.4, -0.2) is 26.7 Å². The third kappa shape index (κ3) is 2.14. The zero-order chi connectivity index (χ0) is 12.6. The van der Waals surface area contributed by atoms with Crippen molar-refractivity contribution in [2.24, 2.45) is 7.05 Å². The molecule has 17 heavy (non-hydrogen) atoms. The first-order valence-electron chi connectivity index (χ1n) is 5.41. The number of rotatable bonds is 2. The van der Waals surface area contributed by atoms with Gasteiger partial charge in [0.1, 0.15) is 11.9 Å². The van der Waals surface area contributed by atoms with Crippen molar-refractivity contribution in [1.29, 1.82) is 0 Å². The molecule has 2 N–H and O–H groups in total. The van der Waals surface area contributed by atoms with E-state index in [-0.39, 0.29) is 0 Å². The van der Waals surface area contributed by atoms with Gasteiger partial charge in [0.2, 0.25) is 0 Å². The Bertz CT molecular complexity index is 572. The Morgan fingerprint density at radius 3 is 2.88 bits per heavy atom. The Balaban J connectivity index is 2.35. The van der Waals surface area contributed by atoms with Crippen molar-refractivity contribution < 1.29 is 9.90 Å². The lowest BCUT2D eigenvalue weighted by Crippen LogP contribution is -2.24. The van der Waals surface area contributed by atoms with Gasteiger partial charge < -0.3 is 15.0 Å². The van der Waals surface area contributed by atoms with E-state index < -0.39 is 12.0 Å². The molecule has 0 aliphatic rings. The van der Waals surface area contributed by atoms with Crippen LogP contribution in [0.5, 0.6) is 0 Å². The number of amides is 1. The molecule has 0 aliphatic carbocycles. The molecule has 90 valence electrons. The number of aryl methyl sites for hydroxylation is 2. The van der Waals surface area contributed by atoms with Crippen molar-refractivity contribution in [3.05, 3.63) is 24.0 Å². The summed E-state index contributed by atoms with van der Waals surface area (Å²) in [5.41, 5.74) is 2.48. The van der Waals surface area contributed by atoms with Crippen LogP contribution < -0.4 is 5.32 Å². The van der Waals surface area contributed by atoms with Crippen LogP contribution in [0.1, 0.15) is 12.7 Å². The zero-order valence-electron chi connectivity index (χ0n) is 10.1. The Kier molecular flexibility index (Phi) is 2.85. The topological polar surface area (TPSA) is 67.2 Å². The average Bonchev–Trinajstić information content (AvgIpc) is 2.54. The number of imidazole rings is 1. The second kappa shape index (κ2) is 4.18. The molecule has 1 atom stereocenters. The van der Waals surface area contributed by atoms with E-state index in [2.05, 4.69) is 10.3 Å². The monoisotopic (exact) mass is 233 g/mol. The summed E-state index contributed by atoms with van der Waals surface area (Å²) in [5, 5.41) is 11.7. The highest BCUT2D eigenvalue weighted by Crippen LogP contribution is 2.19. The lowest BCUT2D eigenvalue weighted by atomic mass is 10.2. The summed E-state index contributed by atoms with van der Waals surface area (Å²) in [5.74, 6) is 0.496. The van der Waals surface area contributed by atoms with Crippen LogP contribution in [0.4, 0.5) is 5.69 Å². The van der Waals surface area contributed by atoms with Crippen molar-refractivity contribution in [1.82, 2.24) is 9.55 Å².